The Balaban J connectivity index is 1.48. The summed E-state index contributed by atoms with van der Waals surface area (Å²) in [4.78, 5) is 8.37. The lowest BCUT2D eigenvalue weighted by molar-refractivity contribution is -0.193. The molecule has 152 valence electrons. The average Bonchev–Trinajstić information content (AvgIpc) is 3.39. The van der Waals surface area contributed by atoms with E-state index in [-0.39, 0.29) is 24.7 Å². The van der Waals surface area contributed by atoms with Crippen LogP contribution in [0.3, 0.4) is 0 Å². The second-order valence-electron chi connectivity index (χ2n) is 6.66. The molecule has 0 amide bonds. The zero-order valence-electron chi connectivity index (χ0n) is 15.7. The summed E-state index contributed by atoms with van der Waals surface area (Å²) in [5.74, 6) is -1.21. The molecule has 1 fully saturated rings. The van der Waals surface area contributed by atoms with Crippen LogP contribution >= 0.6 is 0 Å². The van der Waals surface area contributed by atoms with Crippen molar-refractivity contribution >= 4 is 10.1 Å². The summed E-state index contributed by atoms with van der Waals surface area (Å²) in [6.45, 7) is 2.06. The van der Waals surface area contributed by atoms with Crippen molar-refractivity contribution in [1.29, 1.82) is 0 Å². The van der Waals surface area contributed by atoms with E-state index in [0.717, 1.165) is 5.56 Å². The first kappa shape index (κ1) is 19.6. The molecule has 2 atom stereocenters. The molecule has 2 aromatic heterocycles. The van der Waals surface area contributed by atoms with E-state index < -0.39 is 22.0 Å². The molecule has 9 nitrogen and oxygen atoms in total. The quantitative estimate of drug-likeness (QED) is 0.536. The average molecular weight is 416 g/mol. The molecular formula is C19H20N4O5S. The van der Waals surface area contributed by atoms with Crippen molar-refractivity contribution in [1.82, 2.24) is 19.7 Å². The molecule has 2 unspecified atom stereocenters. The Bertz CT molecular complexity index is 1040. The Kier molecular flexibility index (Phi) is 5.41. The Hall–Kier alpha value is -2.66. The summed E-state index contributed by atoms with van der Waals surface area (Å²) in [6, 6.07) is 11.9. The van der Waals surface area contributed by atoms with Gasteiger partial charge in [0, 0.05) is 6.20 Å². The summed E-state index contributed by atoms with van der Waals surface area (Å²) in [5.41, 5.74) is 1.52. The van der Waals surface area contributed by atoms with Crippen molar-refractivity contribution in [3.8, 4) is 0 Å². The zero-order chi connectivity index (χ0) is 20.3. The number of rotatable bonds is 7. The lowest BCUT2D eigenvalue weighted by atomic mass is 10.1. The largest absolute Gasteiger partial charge is 0.340 e. The van der Waals surface area contributed by atoms with E-state index in [9.17, 15) is 8.42 Å². The third kappa shape index (κ3) is 4.35. The second-order valence-corrected chi connectivity index (χ2v) is 8.28. The number of aryl methyl sites for hydroxylation is 1. The first-order valence-corrected chi connectivity index (χ1v) is 10.4. The van der Waals surface area contributed by atoms with Gasteiger partial charge in [-0.05, 0) is 31.2 Å². The molecule has 0 spiro atoms. The van der Waals surface area contributed by atoms with Crippen molar-refractivity contribution in [2.75, 3.05) is 13.2 Å². The van der Waals surface area contributed by atoms with E-state index >= 15 is 0 Å². The molecule has 3 heterocycles. The lowest BCUT2D eigenvalue weighted by Gasteiger charge is -2.27. The van der Waals surface area contributed by atoms with Crippen LogP contribution in [0, 0.1) is 6.92 Å². The highest BCUT2D eigenvalue weighted by molar-refractivity contribution is 7.86. The van der Waals surface area contributed by atoms with Gasteiger partial charge in [-0.25, -0.2) is 9.67 Å². The van der Waals surface area contributed by atoms with Crippen LogP contribution in [-0.4, -0.2) is 47.5 Å². The minimum absolute atomic E-state index is 0.0978. The molecule has 3 aromatic rings. The standard InChI is InChI=1S/C19H20N4O5S/c1-15-5-7-17(8-6-15)29(24,25)27-11-16-10-26-19(28-16,12-23-14-20-13-22-23)18-4-2-3-9-21-18/h2-9,13-14,16H,10-12H2,1H3. The van der Waals surface area contributed by atoms with Crippen LogP contribution in [0.5, 0.6) is 0 Å². The van der Waals surface area contributed by atoms with Crippen LogP contribution in [0.1, 0.15) is 11.3 Å². The number of aromatic nitrogens is 4. The minimum atomic E-state index is -3.90. The lowest BCUT2D eigenvalue weighted by Crippen LogP contribution is -2.35. The van der Waals surface area contributed by atoms with Crippen molar-refractivity contribution in [3.63, 3.8) is 0 Å². The molecular weight excluding hydrogens is 396 g/mol. The van der Waals surface area contributed by atoms with Crippen LogP contribution < -0.4 is 0 Å². The number of nitrogens with zero attached hydrogens (tertiary/aromatic N) is 4. The van der Waals surface area contributed by atoms with Gasteiger partial charge >= 0.3 is 0 Å². The predicted molar refractivity (Wildman–Crippen MR) is 101 cm³/mol. The summed E-state index contributed by atoms with van der Waals surface area (Å²) in [7, 11) is -3.90. The third-order valence-electron chi connectivity index (χ3n) is 4.47. The first-order valence-electron chi connectivity index (χ1n) is 8.99. The molecule has 4 rings (SSSR count). The molecule has 0 N–H and O–H groups in total. The fourth-order valence-electron chi connectivity index (χ4n) is 3.00. The van der Waals surface area contributed by atoms with E-state index in [1.54, 1.807) is 41.5 Å². The van der Waals surface area contributed by atoms with E-state index in [4.69, 9.17) is 13.7 Å². The van der Waals surface area contributed by atoms with Gasteiger partial charge in [0.1, 0.15) is 31.0 Å². The van der Waals surface area contributed by atoms with Gasteiger partial charge in [0.2, 0.25) is 5.79 Å². The number of hydrogen-bond donors (Lipinski definition) is 0. The first-order chi connectivity index (χ1) is 14.0. The number of hydrogen-bond acceptors (Lipinski definition) is 8. The minimum Gasteiger partial charge on any atom is -0.340 e. The van der Waals surface area contributed by atoms with E-state index in [1.165, 1.54) is 18.5 Å². The van der Waals surface area contributed by atoms with Gasteiger partial charge in [0.05, 0.1) is 18.1 Å². The van der Waals surface area contributed by atoms with E-state index in [2.05, 4.69) is 15.1 Å². The Morgan fingerprint density at radius 3 is 2.76 bits per heavy atom. The molecule has 0 radical (unpaired) electrons. The predicted octanol–water partition coefficient (Wildman–Crippen LogP) is 1.66. The highest BCUT2D eigenvalue weighted by Gasteiger charge is 2.45. The number of pyridine rings is 1. The third-order valence-corrected chi connectivity index (χ3v) is 5.77. The van der Waals surface area contributed by atoms with Crippen molar-refractivity contribution in [2.45, 2.75) is 30.3 Å². The van der Waals surface area contributed by atoms with Gasteiger partial charge in [0.15, 0.2) is 0 Å². The van der Waals surface area contributed by atoms with Crippen LogP contribution in [0.25, 0.3) is 0 Å². The second kappa shape index (κ2) is 7.99. The van der Waals surface area contributed by atoms with Crippen molar-refractivity contribution < 1.29 is 22.1 Å². The molecule has 29 heavy (non-hydrogen) atoms. The monoisotopic (exact) mass is 416 g/mol. The highest BCUT2D eigenvalue weighted by Crippen LogP contribution is 2.35. The van der Waals surface area contributed by atoms with Crippen molar-refractivity contribution in [2.24, 2.45) is 0 Å². The van der Waals surface area contributed by atoms with Gasteiger partial charge in [-0.2, -0.15) is 13.5 Å². The molecule has 0 bridgehead atoms. The SMILES string of the molecule is Cc1ccc(S(=O)(=O)OCC2COC(Cn3cncn3)(c3ccccn3)O2)cc1. The maximum absolute atomic E-state index is 12.4. The van der Waals surface area contributed by atoms with Crippen LogP contribution in [0.15, 0.2) is 66.2 Å². The van der Waals surface area contributed by atoms with Crippen LogP contribution in [-0.2, 0) is 36.1 Å². The van der Waals surface area contributed by atoms with E-state index in [1.807, 2.05) is 13.0 Å². The number of benzene rings is 1. The van der Waals surface area contributed by atoms with Crippen molar-refractivity contribution in [3.05, 3.63) is 72.6 Å². The molecule has 1 saturated heterocycles. The fraction of sp³-hybridized carbons (Fsp3) is 0.316. The van der Waals surface area contributed by atoms with E-state index in [0.29, 0.717) is 5.69 Å². The molecule has 10 heteroatoms. The Morgan fingerprint density at radius 1 is 1.24 bits per heavy atom. The molecule has 1 aromatic carbocycles. The molecule has 1 aliphatic heterocycles. The summed E-state index contributed by atoms with van der Waals surface area (Å²) >= 11 is 0. The molecule has 0 aliphatic carbocycles. The van der Waals surface area contributed by atoms with Crippen LogP contribution in [0.4, 0.5) is 0 Å². The topological polar surface area (TPSA) is 105 Å². The van der Waals surface area contributed by atoms with Gasteiger partial charge in [-0.1, -0.05) is 23.8 Å². The normalized spacial score (nSPS) is 22.0. The summed E-state index contributed by atoms with van der Waals surface area (Å²) in [6.07, 6.45) is 4.00. The zero-order valence-corrected chi connectivity index (χ0v) is 16.5. The molecule has 1 aliphatic rings. The van der Waals surface area contributed by atoms with Gasteiger partial charge in [-0.15, -0.1) is 0 Å². The number of ether oxygens (including phenoxy) is 2. The fourth-order valence-corrected chi connectivity index (χ4v) is 3.94. The van der Waals surface area contributed by atoms with Gasteiger partial charge in [0.25, 0.3) is 10.1 Å². The Morgan fingerprint density at radius 2 is 2.07 bits per heavy atom. The van der Waals surface area contributed by atoms with Crippen LogP contribution in [0.2, 0.25) is 0 Å². The van der Waals surface area contributed by atoms with Gasteiger partial charge in [-0.3, -0.25) is 9.17 Å². The maximum Gasteiger partial charge on any atom is 0.297 e. The molecule has 0 saturated carbocycles. The summed E-state index contributed by atoms with van der Waals surface area (Å²) < 4.78 is 43.7. The smallest absolute Gasteiger partial charge is 0.297 e. The van der Waals surface area contributed by atoms with Gasteiger partial charge < -0.3 is 9.47 Å². The maximum atomic E-state index is 12.4. The highest BCUT2D eigenvalue weighted by atomic mass is 32.2. The summed E-state index contributed by atoms with van der Waals surface area (Å²) in [5, 5.41) is 4.10. The Labute approximate surface area is 168 Å².